The molecule has 0 bridgehead atoms. The third-order valence-corrected chi connectivity index (χ3v) is 5.27. The number of nitrogens with one attached hydrogen (secondary N) is 1. The molecule has 2 aromatic rings. The summed E-state index contributed by atoms with van der Waals surface area (Å²) in [5.74, 6) is -2.27. The molecule has 0 radical (unpaired) electrons. The van der Waals surface area contributed by atoms with Crippen LogP contribution in [0.1, 0.15) is 56.9 Å². The maximum Gasteiger partial charge on any atom is 0.435 e. The van der Waals surface area contributed by atoms with Crippen molar-refractivity contribution in [3.05, 3.63) is 33.5 Å². The zero-order valence-electron chi connectivity index (χ0n) is 16.0. The fourth-order valence-corrected chi connectivity index (χ4v) is 3.68. The van der Waals surface area contributed by atoms with E-state index in [0.717, 1.165) is 22.1 Å². The molecular weight excluding hydrogens is 413 g/mol. The molecule has 12 heteroatoms. The number of ether oxygens (including phenoxy) is 1. The minimum absolute atomic E-state index is 0.0208. The summed E-state index contributed by atoms with van der Waals surface area (Å²) in [5.41, 5.74) is 4.53. The van der Waals surface area contributed by atoms with Gasteiger partial charge in [-0.2, -0.15) is 18.3 Å². The van der Waals surface area contributed by atoms with Crippen LogP contribution in [-0.4, -0.2) is 34.2 Å². The van der Waals surface area contributed by atoms with Crippen LogP contribution in [0, 0.1) is 13.8 Å². The van der Waals surface area contributed by atoms with Crippen LogP contribution in [0.2, 0.25) is 0 Å². The van der Waals surface area contributed by atoms with Crippen molar-refractivity contribution in [3.63, 3.8) is 0 Å². The number of esters is 1. The standard InChI is InChI=1S/C17H19F3N4O4S/c1-5-28-16(27)11-8(3)12(13(21)25)29-15(11)22-14(26)9(4)24-7(2)6-10(23-24)17(18,19)20/h6,9H,5H2,1-4H3,(H2,21,25)(H,22,26). The number of alkyl halides is 3. The summed E-state index contributed by atoms with van der Waals surface area (Å²) in [6.07, 6.45) is -4.65. The summed E-state index contributed by atoms with van der Waals surface area (Å²) in [5, 5.41) is 5.94. The molecule has 0 aliphatic rings. The molecule has 1 unspecified atom stereocenters. The molecule has 0 aliphatic heterocycles. The van der Waals surface area contributed by atoms with E-state index in [2.05, 4.69) is 10.4 Å². The molecule has 158 valence electrons. The van der Waals surface area contributed by atoms with E-state index in [0.29, 0.717) is 0 Å². The number of hydrogen-bond acceptors (Lipinski definition) is 6. The lowest BCUT2D eigenvalue weighted by Gasteiger charge is -2.14. The largest absolute Gasteiger partial charge is 0.462 e. The topological polar surface area (TPSA) is 116 Å². The highest BCUT2D eigenvalue weighted by Gasteiger charge is 2.35. The Balaban J connectivity index is 2.37. The van der Waals surface area contributed by atoms with Crippen molar-refractivity contribution in [2.24, 2.45) is 5.73 Å². The van der Waals surface area contributed by atoms with Gasteiger partial charge in [0, 0.05) is 5.69 Å². The second-order valence-corrected chi connectivity index (χ2v) is 7.14. The van der Waals surface area contributed by atoms with Crippen molar-refractivity contribution in [2.45, 2.75) is 39.9 Å². The van der Waals surface area contributed by atoms with Gasteiger partial charge >= 0.3 is 12.1 Å². The van der Waals surface area contributed by atoms with Crippen LogP contribution in [0.4, 0.5) is 18.2 Å². The van der Waals surface area contributed by atoms with E-state index < -0.39 is 35.7 Å². The molecule has 1 atom stereocenters. The smallest absolute Gasteiger partial charge is 0.435 e. The Morgan fingerprint density at radius 3 is 2.45 bits per heavy atom. The lowest BCUT2D eigenvalue weighted by atomic mass is 10.1. The first-order valence-corrected chi connectivity index (χ1v) is 9.24. The van der Waals surface area contributed by atoms with Crippen LogP contribution >= 0.6 is 11.3 Å². The van der Waals surface area contributed by atoms with Crippen molar-refractivity contribution in [1.82, 2.24) is 9.78 Å². The zero-order valence-corrected chi connectivity index (χ0v) is 16.8. The minimum Gasteiger partial charge on any atom is -0.462 e. The molecule has 2 rings (SSSR count). The lowest BCUT2D eigenvalue weighted by Crippen LogP contribution is -2.26. The van der Waals surface area contributed by atoms with E-state index in [-0.39, 0.29) is 33.3 Å². The monoisotopic (exact) mass is 432 g/mol. The average molecular weight is 432 g/mol. The Bertz CT molecular complexity index is 965. The van der Waals surface area contributed by atoms with Gasteiger partial charge in [-0.05, 0) is 39.3 Å². The number of carbonyl (C=O) groups excluding carboxylic acids is 3. The summed E-state index contributed by atoms with van der Waals surface area (Å²) in [4.78, 5) is 36.5. The highest BCUT2D eigenvalue weighted by atomic mass is 32.1. The zero-order chi connectivity index (χ0) is 22.1. The van der Waals surface area contributed by atoms with E-state index in [9.17, 15) is 27.6 Å². The van der Waals surface area contributed by atoms with Gasteiger partial charge in [0.2, 0.25) is 5.91 Å². The number of rotatable bonds is 6. The van der Waals surface area contributed by atoms with Gasteiger partial charge < -0.3 is 15.8 Å². The quantitative estimate of drug-likeness (QED) is 0.681. The first-order chi connectivity index (χ1) is 13.4. The number of carbonyl (C=O) groups is 3. The van der Waals surface area contributed by atoms with Crippen molar-refractivity contribution < 1.29 is 32.3 Å². The number of primary amides is 1. The van der Waals surface area contributed by atoms with E-state index in [4.69, 9.17) is 10.5 Å². The van der Waals surface area contributed by atoms with E-state index >= 15 is 0 Å². The highest BCUT2D eigenvalue weighted by molar-refractivity contribution is 7.18. The fourth-order valence-electron chi connectivity index (χ4n) is 2.63. The second kappa shape index (κ2) is 8.23. The summed E-state index contributed by atoms with van der Waals surface area (Å²) in [6, 6.07) is -0.297. The third kappa shape index (κ3) is 4.58. The van der Waals surface area contributed by atoms with Crippen LogP contribution in [0.15, 0.2) is 6.07 Å². The predicted octanol–water partition coefficient (Wildman–Crippen LogP) is 3.06. The fraction of sp³-hybridized carbons (Fsp3) is 0.412. The van der Waals surface area contributed by atoms with Gasteiger partial charge in [-0.25, -0.2) is 4.79 Å². The summed E-state index contributed by atoms with van der Waals surface area (Å²) >= 11 is 0.786. The molecule has 8 nitrogen and oxygen atoms in total. The molecule has 0 saturated carbocycles. The van der Waals surface area contributed by atoms with Gasteiger partial charge in [0.1, 0.15) is 11.0 Å². The summed E-state index contributed by atoms with van der Waals surface area (Å²) in [7, 11) is 0. The summed E-state index contributed by atoms with van der Waals surface area (Å²) in [6.45, 7) is 5.88. The predicted molar refractivity (Wildman–Crippen MR) is 98.8 cm³/mol. The van der Waals surface area contributed by atoms with Crippen LogP contribution in [0.25, 0.3) is 0 Å². The second-order valence-electron chi connectivity index (χ2n) is 6.12. The van der Waals surface area contributed by atoms with Crippen molar-refractivity contribution in [1.29, 1.82) is 0 Å². The van der Waals surface area contributed by atoms with Crippen LogP contribution in [0.5, 0.6) is 0 Å². The average Bonchev–Trinajstić information content (AvgIpc) is 3.14. The van der Waals surface area contributed by atoms with E-state index in [1.807, 2.05) is 0 Å². The number of nitrogens with zero attached hydrogens (tertiary/aromatic N) is 2. The number of aromatic nitrogens is 2. The maximum atomic E-state index is 12.9. The first kappa shape index (κ1) is 22.4. The molecule has 0 fully saturated rings. The Hall–Kier alpha value is -2.89. The molecule has 0 aliphatic carbocycles. The Morgan fingerprint density at radius 1 is 1.34 bits per heavy atom. The Kier molecular flexibility index (Phi) is 6.36. The molecule has 2 heterocycles. The van der Waals surface area contributed by atoms with Gasteiger partial charge in [0.25, 0.3) is 5.91 Å². The number of anilines is 1. The molecule has 0 aromatic carbocycles. The number of aryl methyl sites for hydroxylation is 1. The van der Waals surface area contributed by atoms with Gasteiger partial charge in [0.15, 0.2) is 5.69 Å². The molecule has 2 aromatic heterocycles. The molecule has 0 spiro atoms. The molecular formula is C17H19F3N4O4S. The summed E-state index contributed by atoms with van der Waals surface area (Å²) < 4.78 is 44.5. The van der Waals surface area contributed by atoms with Crippen molar-refractivity contribution in [2.75, 3.05) is 11.9 Å². The molecule has 0 saturated heterocycles. The maximum absolute atomic E-state index is 12.9. The number of thiophene rings is 1. The number of amides is 2. The van der Waals surface area contributed by atoms with Crippen LogP contribution < -0.4 is 11.1 Å². The van der Waals surface area contributed by atoms with Gasteiger partial charge in [-0.3, -0.25) is 14.3 Å². The van der Waals surface area contributed by atoms with Crippen molar-refractivity contribution >= 4 is 34.1 Å². The highest BCUT2D eigenvalue weighted by Crippen LogP contribution is 2.34. The number of hydrogen-bond donors (Lipinski definition) is 2. The normalized spacial score (nSPS) is 12.5. The Morgan fingerprint density at radius 2 is 1.97 bits per heavy atom. The van der Waals surface area contributed by atoms with Gasteiger partial charge in [0.05, 0.1) is 17.0 Å². The molecule has 3 N–H and O–H groups in total. The van der Waals surface area contributed by atoms with Crippen LogP contribution in [0.3, 0.4) is 0 Å². The molecule has 2 amide bonds. The van der Waals surface area contributed by atoms with E-state index in [1.54, 1.807) is 6.92 Å². The van der Waals surface area contributed by atoms with E-state index in [1.165, 1.54) is 20.8 Å². The van der Waals surface area contributed by atoms with Gasteiger partial charge in [-0.15, -0.1) is 11.3 Å². The minimum atomic E-state index is -4.65. The Labute approximate surface area is 167 Å². The molecule has 29 heavy (non-hydrogen) atoms. The SMILES string of the molecule is CCOC(=O)c1c(NC(=O)C(C)n2nc(C(F)(F)F)cc2C)sc(C(N)=O)c1C. The van der Waals surface area contributed by atoms with Crippen LogP contribution in [-0.2, 0) is 15.7 Å². The lowest BCUT2D eigenvalue weighted by molar-refractivity contribution is -0.141. The number of halogens is 3. The first-order valence-electron chi connectivity index (χ1n) is 8.42. The number of nitrogens with two attached hydrogens (primary N) is 1. The van der Waals surface area contributed by atoms with Crippen molar-refractivity contribution in [3.8, 4) is 0 Å². The third-order valence-electron chi connectivity index (χ3n) is 4.05. The van der Waals surface area contributed by atoms with Gasteiger partial charge in [-0.1, -0.05) is 0 Å².